The predicted molar refractivity (Wildman–Crippen MR) is 112 cm³/mol. The van der Waals surface area contributed by atoms with Crippen LogP contribution in [0.4, 0.5) is 11.6 Å². The molecular formula is C20H23N5OS. The van der Waals surface area contributed by atoms with Crippen LogP contribution in [0.5, 0.6) is 0 Å². The molecule has 6 nitrogen and oxygen atoms in total. The van der Waals surface area contributed by atoms with E-state index in [4.69, 9.17) is 0 Å². The van der Waals surface area contributed by atoms with Crippen molar-refractivity contribution in [2.75, 3.05) is 37.4 Å². The summed E-state index contributed by atoms with van der Waals surface area (Å²) in [5.41, 5.74) is 1.78. The Morgan fingerprint density at radius 1 is 1.11 bits per heavy atom. The van der Waals surface area contributed by atoms with E-state index in [2.05, 4.69) is 26.7 Å². The van der Waals surface area contributed by atoms with Crippen LogP contribution in [0.1, 0.15) is 16.2 Å². The summed E-state index contributed by atoms with van der Waals surface area (Å²) < 4.78 is 0. The summed E-state index contributed by atoms with van der Waals surface area (Å²) in [7, 11) is 3.88. The van der Waals surface area contributed by atoms with Gasteiger partial charge in [0.2, 0.25) is 0 Å². The summed E-state index contributed by atoms with van der Waals surface area (Å²) in [4.78, 5) is 24.1. The third-order valence-corrected chi connectivity index (χ3v) is 4.87. The normalized spacial score (nSPS) is 10.5. The number of hydrogen-bond acceptors (Lipinski definition) is 6. The number of rotatable bonds is 7. The standard InChI is InChI=1S/C20H23N5OS/c1-14-23-18(13-19(24-14)25(2)3)21-10-11-22-20(26)16-8-6-15(7-9-16)17-5-4-12-27-17/h4-9,12-13H,10-11H2,1-3H3,(H,22,26)(H,21,23,24). The third kappa shape index (κ3) is 5.04. The summed E-state index contributed by atoms with van der Waals surface area (Å²) in [6.45, 7) is 2.95. The minimum atomic E-state index is -0.0811. The number of carbonyl (C=O) groups is 1. The molecule has 0 radical (unpaired) electrons. The zero-order chi connectivity index (χ0) is 19.2. The van der Waals surface area contributed by atoms with Crippen molar-refractivity contribution in [2.24, 2.45) is 0 Å². The Morgan fingerprint density at radius 2 is 1.89 bits per heavy atom. The monoisotopic (exact) mass is 381 g/mol. The summed E-state index contributed by atoms with van der Waals surface area (Å²) in [6.07, 6.45) is 0. The van der Waals surface area contributed by atoms with Gasteiger partial charge in [0, 0.05) is 43.7 Å². The van der Waals surface area contributed by atoms with Crippen LogP contribution in [0.2, 0.25) is 0 Å². The van der Waals surface area contributed by atoms with Crippen LogP contribution in [0.25, 0.3) is 10.4 Å². The molecule has 0 atom stereocenters. The molecule has 2 aromatic heterocycles. The zero-order valence-electron chi connectivity index (χ0n) is 15.7. The SMILES string of the molecule is Cc1nc(NCCNC(=O)c2ccc(-c3cccs3)cc2)cc(N(C)C)n1. The quantitative estimate of drug-likeness (QED) is 0.614. The molecule has 2 N–H and O–H groups in total. The number of carbonyl (C=O) groups excluding carboxylic acids is 1. The highest BCUT2D eigenvalue weighted by Gasteiger charge is 2.07. The smallest absolute Gasteiger partial charge is 0.251 e. The van der Waals surface area contributed by atoms with E-state index in [0.717, 1.165) is 17.2 Å². The lowest BCUT2D eigenvalue weighted by Crippen LogP contribution is -2.29. The van der Waals surface area contributed by atoms with Gasteiger partial charge in [0.15, 0.2) is 0 Å². The maximum absolute atomic E-state index is 12.3. The first-order valence-corrected chi connectivity index (χ1v) is 9.60. The number of amides is 1. The van der Waals surface area contributed by atoms with Crippen LogP contribution in [0, 0.1) is 6.92 Å². The average molecular weight is 382 g/mol. The molecule has 0 spiro atoms. The molecule has 0 fully saturated rings. The minimum absolute atomic E-state index is 0.0811. The van der Waals surface area contributed by atoms with Gasteiger partial charge in [-0.15, -0.1) is 11.3 Å². The van der Waals surface area contributed by atoms with E-state index in [-0.39, 0.29) is 5.91 Å². The van der Waals surface area contributed by atoms with Crippen molar-refractivity contribution in [2.45, 2.75) is 6.92 Å². The molecule has 0 unspecified atom stereocenters. The highest BCUT2D eigenvalue weighted by molar-refractivity contribution is 7.13. The molecule has 0 bridgehead atoms. The highest BCUT2D eigenvalue weighted by atomic mass is 32.1. The molecule has 27 heavy (non-hydrogen) atoms. The maximum Gasteiger partial charge on any atom is 0.251 e. The van der Waals surface area contributed by atoms with E-state index < -0.39 is 0 Å². The van der Waals surface area contributed by atoms with Crippen LogP contribution in [-0.4, -0.2) is 43.1 Å². The number of nitrogens with one attached hydrogen (secondary N) is 2. The van der Waals surface area contributed by atoms with Gasteiger partial charge in [0.05, 0.1) is 0 Å². The van der Waals surface area contributed by atoms with Crippen molar-refractivity contribution in [3.05, 3.63) is 59.2 Å². The Labute approximate surface area is 163 Å². The molecule has 0 saturated heterocycles. The van der Waals surface area contributed by atoms with Gasteiger partial charge in [0.25, 0.3) is 5.91 Å². The number of aryl methyl sites for hydroxylation is 1. The molecule has 1 amide bonds. The Balaban J connectivity index is 1.50. The van der Waals surface area contributed by atoms with E-state index in [9.17, 15) is 4.79 Å². The topological polar surface area (TPSA) is 70.2 Å². The van der Waals surface area contributed by atoms with Crippen molar-refractivity contribution in [3.63, 3.8) is 0 Å². The lowest BCUT2D eigenvalue weighted by atomic mass is 10.1. The summed E-state index contributed by atoms with van der Waals surface area (Å²) in [5, 5.41) is 8.19. The molecule has 0 aliphatic rings. The van der Waals surface area contributed by atoms with E-state index in [1.54, 1.807) is 11.3 Å². The predicted octanol–water partition coefficient (Wildman–Crippen LogP) is 3.42. The fourth-order valence-electron chi connectivity index (χ4n) is 2.57. The Kier molecular flexibility index (Phi) is 6.03. The largest absolute Gasteiger partial charge is 0.368 e. The van der Waals surface area contributed by atoms with E-state index in [0.29, 0.717) is 24.5 Å². The second-order valence-electron chi connectivity index (χ2n) is 6.29. The van der Waals surface area contributed by atoms with Crippen molar-refractivity contribution < 1.29 is 4.79 Å². The number of hydrogen-bond donors (Lipinski definition) is 2. The van der Waals surface area contributed by atoms with Crippen LogP contribution in [0.15, 0.2) is 47.8 Å². The number of aromatic nitrogens is 2. The molecular weight excluding hydrogens is 358 g/mol. The molecule has 1 aromatic carbocycles. The summed E-state index contributed by atoms with van der Waals surface area (Å²) >= 11 is 1.69. The number of anilines is 2. The van der Waals surface area contributed by atoms with Crippen molar-refractivity contribution in [1.82, 2.24) is 15.3 Å². The fraction of sp³-hybridized carbons (Fsp3) is 0.250. The summed E-state index contributed by atoms with van der Waals surface area (Å²) in [5.74, 6) is 2.22. The van der Waals surface area contributed by atoms with E-state index in [1.165, 1.54) is 4.88 Å². The molecule has 3 rings (SSSR count). The van der Waals surface area contributed by atoms with Gasteiger partial charge in [-0.2, -0.15) is 0 Å². The zero-order valence-corrected chi connectivity index (χ0v) is 16.5. The lowest BCUT2D eigenvalue weighted by Gasteiger charge is -2.14. The maximum atomic E-state index is 12.3. The van der Waals surface area contributed by atoms with E-state index >= 15 is 0 Å². The van der Waals surface area contributed by atoms with Gasteiger partial charge in [-0.25, -0.2) is 9.97 Å². The molecule has 3 aromatic rings. The first-order valence-electron chi connectivity index (χ1n) is 8.72. The van der Waals surface area contributed by atoms with E-state index in [1.807, 2.05) is 67.7 Å². The first-order chi connectivity index (χ1) is 13.0. The Hall–Kier alpha value is -2.93. The molecule has 2 heterocycles. The van der Waals surface area contributed by atoms with Gasteiger partial charge in [-0.05, 0) is 36.1 Å². The third-order valence-electron chi connectivity index (χ3n) is 3.95. The second-order valence-corrected chi connectivity index (χ2v) is 7.24. The molecule has 140 valence electrons. The minimum Gasteiger partial charge on any atom is -0.368 e. The van der Waals surface area contributed by atoms with Crippen LogP contribution in [-0.2, 0) is 0 Å². The first kappa shape index (κ1) is 18.8. The number of benzene rings is 1. The molecule has 0 saturated carbocycles. The number of thiophene rings is 1. The van der Waals surface area contributed by atoms with Crippen molar-refractivity contribution in [3.8, 4) is 10.4 Å². The lowest BCUT2D eigenvalue weighted by molar-refractivity contribution is 0.0955. The average Bonchev–Trinajstić information content (AvgIpc) is 3.19. The van der Waals surface area contributed by atoms with Gasteiger partial charge in [-0.3, -0.25) is 4.79 Å². The summed E-state index contributed by atoms with van der Waals surface area (Å²) in [6, 6.07) is 13.6. The van der Waals surface area contributed by atoms with Gasteiger partial charge >= 0.3 is 0 Å². The van der Waals surface area contributed by atoms with Crippen LogP contribution < -0.4 is 15.5 Å². The molecule has 0 aliphatic carbocycles. The highest BCUT2D eigenvalue weighted by Crippen LogP contribution is 2.24. The Morgan fingerprint density at radius 3 is 2.56 bits per heavy atom. The fourth-order valence-corrected chi connectivity index (χ4v) is 3.30. The Bertz CT molecular complexity index is 891. The van der Waals surface area contributed by atoms with Gasteiger partial charge in [-0.1, -0.05) is 18.2 Å². The van der Waals surface area contributed by atoms with Crippen molar-refractivity contribution >= 4 is 28.9 Å². The number of nitrogens with zero attached hydrogens (tertiary/aromatic N) is 3. The molecule has 0 aliphatic heterocycles. The molecule has 7 heteroatoms. The van der Waals surface area contributed by atoms with Crippen LogP contribution in [0.3, 0.4) is 0 Å². The van der Waals surface area contributed by atoms with Crippen LogP contribution >= 0.6 is 11.3 Å². The van der Waals surface area contributed by atoms with Gasteiger partial charge in [0.1, 0.15) is 17.5 Å². The van der Waals surface area contributed by atoms with Gasteiger partial charge < -0.3 is 15.5 Å². The second kappa shape index (κ2) is 8.64. The van der Waals surface area contributed by atoms with Crippen molar-refractivity contribution in [1.29, 1.82) is 0 Å².